The minimum atomic E-state index is -4.51. The van der Waals surface area contributed by atoms with Gasteiger partial charge in [0.25, 0.3) is 5.91 Å². The molecule has 0 heterocycles. The molecule has 4 aliphatic carbocycles. The van der Waals surface area contributed by atoms with Crippen molar-refractivity contribution in [1.82, 2.24) is 10.9 Å². The molecule has 1 aromatic rings. The normalized spacial score (nSPS) is 32.4. The van der Waals surface area contributed by atoms with Crippen LogP contribution in [0.3, 0.4) is 0 Å². The van der Waals surface area contributed by atoms with Gasteiger partial charge in [-0.1, -0.05) is 12.2 Å². The Bertz CT molecular complexity index is 865. The standard InChI is InChI=1S/C19H17F3N2O4/c20-19(21,22)9-3-1-8(2-4-9)16(25)23-24-17(26)14-10-5-6-11(13-7-12(10)13)15(14)18(27)28/h1-6,10-15H,7H2,(H,23,25)(H,24,26)(H,27,28). The zero-order chi connectivity index (χ0) is 20.2. The first-order chi connectivity index (χ1) is 13.2. The van der Waals surface area contributed by atoms with E-state index in [1.54, 1.807) is 0 Å². The Labute approximate surface area is 157 Å². The third kappa shape index (κ3) is 3.04. The second kappa shape index (κ2) is 6.35. The molecule has 148 valence electrons. The number of amides is 2. The Balaban J connectivity index is 1.42. The lowest BCUT2D eigenvalue weighted by molar-refractivity contribution is -0.153. The van der Waals surface area contributed by atoms with Crippen molar-refractivity contribution in [3.8, 4) is 0 Å². The van der Waals surface area contributed by atoms with Crippen LogP contribution in [0.15, 0.2) is 36.4 Å². The quantitative estimate of drug-likeness (QED) is 0.541. The number of hydrogen-bond donors (Lipinski definition) is 3. The molecule has 0 spiro atoms. The van der Waals surface area contributed by atoms with Crippen molar-refractivity contribution >= 4 is 17.8 Å². The number of hydrazine groups is 1. The van der Waals surface area contributed by atoms with E-state index < -0.39 is 41.4 Å². The first-order valence-corrected chi connectivity index (χ1v) is 8.87. The van der Waals surface area contributed by atoms with Gasteiger partial charge in [0.1, 0.15) is 0 Å². The largest absolute Gasteiger partial charge is 0.481 e. The number of allylic oxidation sites excluding steroid dienone is 2. The van der Waals surface area contributed by atoms with E-state index in [2.05, 4.69) is 10.9 Å². The van der Waals surface area contributed by atoms with Crippen LogP contribution in [0.2, 0.25) is 0 Å². The van der Waals surface area contributed by atoms with Crippen LogP contribution in [0.4, 0.5) is 13.2 Å². The fourth-order valence-electron chi connectivity index (χ4n) is 4.65. The molecule has 4 aliphatic rings. The molecule has 3 N–H and O–H groups in total. The molecule has 2 saturated carbocycles. The highest BCUT2D eigenvalue weighted by Crippen LogP contribution is 2.63. The van der Waals surface area contributed by atoms with Crippen LogP contribution in [0.25, 0.3) is 0 Å². The smallest absolute Gasteiger partial charge is 0.416 e. The van der Waals surface area contributed by atoms with Crippen molar-refractivity contribution in [2.75, 3.05) is 0 Å². The van der Waals surface area contributed by atoms with Gasteiger partial charge in [0.15, 0.2) is 0 Å². The van der Waals surface area contributed by atoms with E-state index in [4.69, 9.17) is 0 Å². The van der Waals surface area contributed by atoms with Crippen molar-refractivity contribution in [3.05, 3.63) is 47.5 Å². The summed E-state index contributed by atoms with van der Waals surface area (Å²) in [7, 11) is 0. The van der Waals surface area contributed by atoms with Crippen molar-refractivity contribution in [2.24, 2.45) is 35.5 Å². The number of alkyl halides is 3. The van der Waals surface area contributed by atoms with Gasteiger partial charge >= 0.3 is 12.1 Å². The Morgan fingerprint density at radius 2 is 1.50 bits per heavy atom. The summed E-state index contributed by atoms with van der Waals surface area (Å²) in [6.45, 7) is 0. The highest BCUT2D eigenvalue weighted by Gasteiger charge is 2.63. The van der Waals surface area contributed by atoms with Gasteiger partial charge in [0.2, 0.25) is 5.91 Å². The van der Waals surface area contributed by atoms with Gasteiger partial charge in [-0.2, -0.15) is 13.2 Å². The molecule has 2 fully saturated rings. The van der Waals surface area contributed by atoms with Crippen molar-refractivity contribution in [2.45, 2.75) is 12.6 Å². The van der Waals surface area contributed by atoms with Crippen molar-refractivity contribution in [3.63, 3.8) is 0 Å². The summed E-state index contributed by atoms with van der Waals surface area (Å²) >= 11 is 0. The van der Waals surface area contributed by atoms with Crippen LogP contribution in [0, 0.1) is 35.5 Å². The molecular weight excluding hydrogens is 377 g/mol. The topological polar surface area (TPSA) is 95.5 Å². The van der Waals surface area contributed by atoms with Crippen molar-refractivity contribution in [1.29, 1.82) is 0 Å². The lowest BCUT2D eigenvalue weighted by Crippen LogP contribution is -2.53. The maximum atomic E-state index is 12.6. The molecule has 2 amide bonds. The number of nitrogens with one attached hydrogen (secondary N) is 2. The fourth-order valence-corrected chi connectivity index (χ4v) is 4.65. The molecule has 9 heteroatoms. The summed E-state index contributed by atoms with van der Waals surface area (Å²) in [5.74, 6) is -3.82. The summed E-state index contributed by atoms with van der Waals surface area (Å²) in [5, 5.41) is 9.57. The molecule has 0 radical (unpaired) electrons. The number of aliphatic carboxylic acids is 1. The van der Waals surface area contributed by atoms with Crippen LogP contribution >= 0.6 is 0 Å². The number of rotatable bonds is 3. The molecule has 5 rings (SSSR count). The number of hydrogen-bond acceptors (Lipinski definition) is 3. The molecule has 2 bridgehead atoms. The molecule has 6 unspecified atom stereocenters. The Hall–Kier alpha value is -2.84. The number of halogens is 3. The summed E-state index contributed by atoms with van der Waals surface area (Å²) in [6, 6.07) is 3.56. The lowest BCUT2D eigenvalue weighted by Gasteiger charge is -2.41. The van der Waals surface area contributed by atoms with E-state index in [-0.39, 0.29) is 17.4 Å². The summed E-state index contributed by atoms with van der Waals surface area (Å²) in [4.78, 5) is 36.4. The minimum Gasteiger partial charge on any atom is -0.481 e. The third-order valence-electron chi connectivity index (χ3n) is 6.01. The number of carboxylic acids is 1. The molecule has 1 aromatic carbocycles. The fraction of sp³-hybridized carbons (Fsp3) is 0.421. The molecule has 6 atom stereocenters. The lowest BCUT2D eigenvalue weighted by atomic mass is 9.62. The average Bonchev–Trinajstić information content (AvgIpc) is 3.47. The maximum absolute atomic E-state index is 12.6. The van der Waals surface area contributed by atoms with E-state index in [1.165, 1.54) is 0 Å². The van der Waals surface area contributed by atoms with Crippen molar-refractivity contribution < 1.29 is 32.7 Å². The predicted molar refractivity (Wildman–Crippen MR) is 89.4 cm³/mol. The number of benzene rings is 1. The maximum Gasteiger partial charge on any atom is 0.416 e. The minimum absolute atomic E-state index is 0.0598. The van der Waals surface area contributed by atoms with Gasteiger partial charge in [-0.05, 0) is 54.4 Å². The highest BCUT2D eigenvalue weighted by molar-refractivity contribution is 5.96. The Kier molecular flexibility index (Phi) is 4.20. The predicted octanol–water partition coefficient (Wildman–Crippen LogP) is 2.24. The number of carbonyl (C=O) groups is 3. The van der Waals surface area contributed by atoms with Gasteiger partial charge in [-0.3, -0.25) is 25.2 Å². The molecule has 0 aromatic heterocycles. The number of carbonyl (C=O) groups excluding carboxylic acids is 2. The van der Waals surface area contributed by atoms with E-state index in [0.29, 0.717) is 11.8 Å². The Morgan fingerprint density at radius 1 is 0.929 bits per heavy atom. The number of carboxylic acid groups (broad SMARTS) is 1. The molecular formula is C19H17F3N2O4. The van der Waals surface area contributed by atoms with Crippen LogP contribution in [0.1, 0.15) is 22.3 Å². The summed E-state index contributed by atoms with van der Waals surface area (Å²) < 4.78 is 37.7. The van der Waals surface area contributed by atoms with E-state index in [0.717, 1.165) is 30.7 Å². The first-order valence-electron chi connectivity index (χ1n) is 8.87. The first kappa shape index (κ1) is 18.5. The van der Waals surface area contributed by atoms with Gasteiger partial charge in [0.05, 0.1) is 17.4 Å². The highest BCUT2D eigenvalue weighted by atomic mass is 19.4. The summed E-state index contributed by atoms with van der Waals surface area (Å²) in [5.41, 5.74) is 3.46. The van der Waals surface area contributed by atoms with Gasteiger partial charge in [0, 0.05) is 5.56 Å². The van der Waals surface area contributed by atoms with Crippen LogP contribution in [0.5, 0.6) is 0 Å². The van der Waals surface area contributed by atoms with Gasteiger partial charge in [-0.15, -0.1) is 0 Å². The molecule has 28 heavy (non-hydrogen) atoms. The summed E-state index contributed by atoms with van der Waals surface area (Å²) in [6.07, 6.45) is 0.153. The third-order valence-corrected chi connectivity index (χ3v) is 6.01. The Morgan fingerprint density at radius 3 is 2.04 bits per heavy atom. The second-order valence-electron chi connectivity index (χ2n) is 7.51. The van der Waals surface area contributed by atoms with Crippen LogP contribution in [-0.4, -0.2) is 22.9 Å². The van der Waals surface area contributed by atoms with Gasteiger partial charge in [-0.25, -0.2) is 0 Å². The molecule has 6 nitrogen and oxygen atoms in total. The van der Waals surface area contributed by atoms with E-state index in [1.807, 2.05) is 12.2 Å². The van der Waals surface area contributed by atoms with Gasteiger partial charge < -0.3 is 5.11 Å². The van der Waals surface area contributed by atoms with E-state index >= 15 is 0 Å². The zero-order valence-electron chi connectivity index (χ0n) is 14.4. The zero-order valence-corrected chi connectivity index (χ0v) is 14.4. The SMILES string of the molecule is O=C(NNC(=O)C1C2C=CC(C3CC23)C1C(=O)O)c1ccc(C(F)(F)F)cc1. The molecule has 0 aliphatic heterocycles. The van der Waals surface area contributed by atoms with Crippen LogP contribution < -0.4 is 10.9 Å². The van der Waals surface area contributed by atoms with Crippen LogP contribution in [-0.2, 0) is 15.8 Å². The molecule has 0 saturated heterocycles. The number of fused-ring (bicyclic) bond motifs is 1. The average molecular weight is 394 g/mol. The monoisotopic (exact) mass is 394 g/mol. The van der Waals surface area contributed by atoms with E-state index in [9.17, 15) is 32.7 Å². The second-order valence-corrected chi connectivity index (χ2v) is 7.51.